The summed E-state index contributed by atoms with van der Waals surface area (Å²) in [6.07, 6.45) is -1.14. The molecule has 2 aliphatic heterocycles. The Balaban J connectivity index is 1.37. The van der Waals surface area contributed by atoms with Gasteiger partial charge in [0.05, 0.1) is 27.9 Å². The molecule has 204 valence electrons. The van der Waals surface area contributed by atoms with Crippen molar-refractivity contribution in [2.75, 3.05) is 9.96 Å². The minimum atomic E-state index is -1.14. The topological polar surface area (TPSA) is 119 Å². The van der Waals surface area contributed by atoms with Crippen LogP contribution in [0.5, 0.6) is 5.75 Å². The normalized spacial score (nSPS) is 19.8. The molecule has 2 saturated heterocycles. The van der Waals surface area contributed by atoms with Crippen LogP contribution in [-0.4, -0.2) is 28.8 Å². The van der Waals surface area contributed by atoms with Crippen LogP contribution in [0.3, 0.4) is 0 Å². The molecular weight excluding hydrogens is 526 g/mol. The lowest BCUT2D eigenvalue weighted by atomic mass is 9.90. The van der Waals surface area contributed by atoms with Gasteiger partial charge in [0.25, 0.3) is 11.6 Å². The van der Waals surface area contributed by atoms with Gasteiger partial charge in [-0.1, -0.05) is 54.6 Å². The fraction of sp³-hybridized carbons (Fsp3) is 0.129. The number of fused-ring (bicyclic) bond motifs is 1. The summed E-state index contributed by atoms with van der Waals surface area (Å²) >= 11 is 0. The molecule has 10 nitrogen and oxygen atoms in total. The minimum absolute atomic E-state index is 0.163. The average Bonchev–Trinajstić information content (AvgIpc) is 3.50. The molecule has 6 rings (SSSR count). The van der Waals surface area contributed by atoms with Gasteiger partial charge in [0.2, 0.25) is 5.91 Å². The van der Waals surface area contributed by atoms with Crippen LogP contribution in [0, 0.1) is 23.0 Å². The Morgan fingerprint density at radius 3 is 2.29 bits per heavy atom. The first-order valence-corrected chi connectivity index (χ1v) is 12.8. The molecule has 10 heteroatoms. The van der Waals surface area contributed by atoms with E-state index in [1.165, 1.54) is 23.3 Å². The van der Waals surface area contributed by atoms with E-state index >= 15 is 0 Å². The number of anilines is 2. The number of hydrogen-bond acceptors (Lipinski definition) is 8. The standard InChI is InChI=1S/C31H23N3O7/c1-19-8-5-6-13-25(19)32-29(35)26-27(20-14-16-24(17-15-20)40-31(37)21-9-3-2-4-10-21)33(41-28(26)30(32)36)22-11-7-12-23(18-22)34(38)39/h2-18,26-28H,1H3/t26-,27+,28-/m0/s1. The number of hydroxylamine groups is 1. The minimum Gasteiger partial charge on any atom is -0.423 e. The maximum Gasteiger partial charge on any atom is 0.343 e. The summed E-state index contributed by atoms with van der Waals surface area (Å²) < 4.78 is 5.50. The summed E-state index contributed by atoms with van der Waals surface area (Å²) in [7, 11) is 0. The van der Waals surface area contributed by atoms with Crippen molar-refractivity contribution in [3.8, 4) is 5.75 Å². The summed E-state index contributed by atoms with van der Waals surface area (Å²) in [5, 5.41) is 12.9. The monoisotopic (exact) mass is 549 g/mol. The highest BCUT2D eigenvalue weighted by Gasteiger charge is 2.60. The molecule has 41 heavy (non-hydrogen) atoms. The number of ether oxygens (including phenoxy) is 1. The maximum absolute atomic E-state index is 13.9. The molecule has 0 radical (unpaired) electrons. The molecule has 0 unspecified atom stereocenters. The number of non-ortho nitro benzene ring substituents is 1. The Labute approximate surface area is 234 Å². The molecule has 0 aromatic heterocycles. The summed E-state index contributed by atoms with van der Waals surface area (Å²) in [4.78, 5) is 58.2. The van der Waals surface area contributed by atoms with E-state index in [-0.39, 0.29) is 11.4 Å². The fourth-order valence-electron chi connectivity index (χ4n) is 5.25. The number of hydrogen-bond donors (Lipinski definition) is 0. The Morgan fingerprint density at radius 2 is 1.59 bits per heavy atom. The molecule has 4 aromatic rings. The molecule has 2 heterocycles. The van der Waals surface area contributed by atoms with Crippen LogP contribution in [0.2, 0.25) is 0 Å². The number of rotatable bonds is 6. The number of esters is 1. The van der Waals surface area contributed by atoms with Crippen molar-refractivity contribution in [2.24, 2.45) is 5.92 Å². The lowest BCUT2D eigenvalue weighted by Gasteiger charge is -2.29. The molecule has 0 N–H and O–H groups in total. The van der Waals surface area contributed by atoms with Gasteiger partial charge in [0, 0.05) is 12.1 Å². The molecule has 0 spiro atoms. The van der Waals surface area contributed by atoms with Crippen LogP contribution < -0.4 is 14.7 Å². The summed E-state index contributed by atoms with van der Waals surface area (Å²) in [5.41, 5.74) is 2.38. The summed E-state index contributed by atoms with van der Waals surface area (Å²) in [6.45, 7) is 1.81. The molecule has 0 saturated carbocycles. The number of carbonyl (C=O) groups excluding carboxylic acids is 3. The van der Waals surface area contributed by atoms with Crippen LogP contribution in [0.25, 0.3) is 0 Å². The largest absolute Gasteiger partial charge is 0.423 e. The summed E-state index contributed by atoms with van der Waals surface area (Å²) in [5.74, 6) is -2.12. The molecule has 4 aromatic carbocycles. The van der Waals surface area contributed by atoms with Gasteiger partial charge in [-0.05, 0) is 54.4 Å². The Morgan fingerprint density at radius 1 is 0.878 bits per heavy atom. The molecule has 0 bridgehead atoms. The van der Waals surface area contributed by atoms with E-state index in [4.69, 9.17) is 9.57 Å². The first-order chi connectivity index (χ1) is 19.8. The number of nitrogens with zero attached hydrogens (tertiary/aromatic N) is 3. The van der Waals surface area contributed by atoms with E-state index in [0.29, 0.717) is 22.5 Å². The van der Waals surface area contributed by atoms with Crippen molar-refractivity contribution in [1.82, 2.24) is 0 Å². The van der Waals surface area contributed by atoms with Crippen molar-refractivity contribution in [3.63, 3.8) is 0 Å². The van der Waals surface area contributed by atoms with E-state index in [2.05, 4.69) is 0 Å². The summed E-state index contributed by atoms with van der Waals surface area (Å²) in [6, 6.07) is 27.2. The second-order valence-corrected chi connectivity index (χ2v) is 9.72. The maximum atomic E-state index is 13.9. The van der Waals surface area contributed by atoms with Gasteiger partial charge in [0.1, 0.15) is 11.7 Å². The van der Waals surface area contributed by atoms with Crippen molar-refractivity contribution < 1.29 is 28.9 Å². The van der Waals surface area contributed by atoms with Gasteiger partial charge in [-0.2, -0.15) is 0 Å². The first kappa shape index (κ1) is 25.9. The fourth-order valence-corrected chi connectivity index (χ4v) is 5.25. The Bertz CT molecular complexity index is 1670. The number of benzene rings is 4. The Hall–Kier alpha value is -5.35. The third-order valence-electron chi connectivity index (χ3n) is 7.21. The zero-order chi connectivity index (χ0) is 28.7. The number of imide groups is 1. The molecule has 3 atom stereocenters. The number of carbonyl (C=O) groups is 3. The van der Waals surface area contributed by atoms with E-state index in [1.807, 2.05) is 19.1 Å². The average molecular weight is 550 g/mol. The van der Waals surface area contributed by atoms with E-state index in [9.17, 15) is 24.5 Å². The lowest BCUT2D eigenvalue weighted by molar-refractivity contribution is -0.384. The molecule has 2 fully saturated rings. The molecule has 2 amide bonds. The van der Waals surface area contributed by atoms with E-state index in [1.54, 1.807) is 72.8 Å². The van der Waals surface area contributed by atoms with Crippen LogP contribution in [0.15, 0.2) is 103 Å². The Kier molecular flexibility index (Phi) is 6.52. The highest BCUT2D eigenvalue weighted by atomic mass is 16.7. The number of amides is 2. The molecule has 2 aliphatic rings. The second kappa shape index (κ2) is 10.3. The number of nitro benzene ring substituents is 1. The SMILES string of the molecule is Cc1ccccc1N1C(=O)[C@@H]2[C@H](ON(c3cccc([N+](=O)[O-])c3)[C@@H]2c2ccc(OC(=O)c3ccccc3)cc2)C1=O. The number of para-hydroxylation sites is 1. The second-order valence-electron chi connectivity index (χ2n) is 9.72. The third kappa shape index (κ3) is 4.60. The van der Waals surface area contributed by atoms with Gasteiger partial charge in [-0.25, -0.2) is 14.8 Å². The smallest absolute Gasteiger partial charge is 0.343 e. The van der Waals surface area contributed by atoms with Crippen molar-refractivity contribution in [3.05, 3.63) is 130 Å². The first-order valence-electron chi connectivity index (χ1n) is 12.8. The lowest BCUT2D eigenvalue weighted by Crippen LogP contribution is -2.37. The van der Waals surface area contributed by atoms with Gasteiger partial charge in [0.15, 0.2) is 6.10 Å². The molecular formula is C31H23N3O7. The van der Waals surface area contributed by atoms with Crippen LogP contribution in [-0.2, 0) is 14.4 Å². The highest BCUT2D eigenvalue weighted by Crippen LogP contribution is 2.48. The zero-order valence-electron chi connectivity index (χ0n) is 21.7. The van der Waals surface area contributed by atoms with Gasteiger partial charge in [-0.15, -0.1) is 0 Å². The van der Waals surface area contributed by atoms with E-state index in [0.717, 1.165) is 10.5 Å². The predicted molar refractivity (Wildman–Crippen MR) is 148 cm³/mol. The van der Waals surface area contributed by atoms with Gasteiger partial charge in [-0.3, -0.25) is 24.5 Å². The van der Waals surface area contributed by atoms with Crippen molar-refractivity contribution in [1.29, 1.82) is 0 Å². The quantitative estimate of drug-likeness (QED) is 0.106. The van der Waals surface area contributed by atoms with Crippen molar-refractivity contribution in [2.45, 2.75) is 19.1 Å². The van der Waals surface area contributed by atoms with Crippen LogP contribution >= 0.6 is 0 Å². The number of aryl methyl sites for hydroxylation is 1. The van der Waals surface area contributed by atoms with Gasteiger partial charge < -0.3 is 4.74 Å². The zero-order valence-corrected chi connectivity index (χ0v) is 21.7. The highest BCUT2D eigenvalue weighted by molar-refractivity contribution is 6.24. The van der Waals surface area contributed by atoms with E-state index < -0.39 is 40.8 Å². The molecule has 0 aliphatic carbocycles. The number of nitro groups is 1. The van der Waals surface area contributed by atoms with Gasteiger partial charge >= 0.3 is 5.97 Å². The van der Waals surface area contributed by atoms with Crippen molar-refractivity contribution >= 4 is 34.8 Å². The van der Waals surface area contributed by atoms with Crippen LogP contribution in [0.4, 0.5) is 17.1 Å². The van der Waals surface area contributed by atoms with Crippen LogP contribution in [0.1, 0.15) is 27.5 Å². The predicted octanol–water partition coefficient (Wildman–Crippen LogP) is 5.17. The third-order valence-corrected chi connectivity index (χ3v) is 7.21.